The normalized spacial score (nSPS) is 19.5. The number of piperidine rings is 1. The molecule has 1 fully saturated rings. The van der Waals surface area contributed by atoms with Gasteiger partial charge in [-0.1, -0.05) is 36.8 Å². The standard InChI is InChI=1S/C15H20N4/c1-2-6-12(7-3-1)15-17-14(18-19-15)10-9-13-8-4-5-11-16-13/h1-3,6-7,13,16H,4-5,8-11H2,(H,17,18,19). The molecule has 0 amide bonds. The summed E-state index contributed by atoms with van der Waals surface area (Å²) in [6.45, 7) is 1.16. The van der Waals surface area contributed by atoms with Gasteiger partial charge in [0.05, 0.1) is 0 Å². The van der Waals surface area contributed by atoms with Crippen LogP contribution < -0.4 is 5.32 Å². The lowest BCUT2D eigenvalue weighted by atomic mass is 10.0. The SMILES string of the molecule is c1ccc(-c2n[nH]c(CCC3CCCCN3)n2)cc1. The third kappa shape index (κ3) is 3.20. The third-order valence-corrected chi connectivity index (χ3v) is 3.71. The fraction of sp³-hybridized carbons (Fsp3) is 0.467. The molecule has 4 heteroatoms. The molecule has 1 aliphatic rings. The number of hydrogen-bond acceptors (Lipinski definition) is 3. The van der Waals surface area contributed by atoms with Crippen molar-refractivity contribution >= 4 is 0 Å². The summed E-state index contributed by atoms with van der Waals surface area (Å²) in [4.78, 5) is 4.57. The van der Waals surface area contributed by atoms with Crippen molar-refractivity contribution in [2.75, 3.05) is 6.54 Å². The van der Waals surface area contributed by atoms with Crippen molar-refractivity contribution in [3.05, 3.63) is 36.2 Å². The van der Waals surface area contributed by atoms with Crippen molar-refractivity contribution < 1.29 is 0 Å². The fourth-order valence-corrected chi connectivity index (χ4v) is 2.60. The maximum Gasteiger partial charge on any atom is 0.181 e. The zero-order valence-electron chi connectivity index (χ0n) is 11.1. The van der Waals surface area contributed by atoms with Crippen LogP contribution in [0.4, 0.5) is 0 Å². The number of aryl methyl sites for hydroxylation is 1. The molecular formula is C15H20N4. The molecule has 1 saturated heterocycles. The topological polar surface area (TPSA) is 53.6 Å². The molecule has 19 heavy (non-hydrogen) atoms. The molecule has 0 spiro atoms. The smallest absolute Gasteiger partial charge is 0.181 e. The van der Waals surface area contributed by atoms with Crippen molar-refractivity contribution in [2.45, 2.75) is 38.1 Å². The van der Waals surface area contributed by atoms with E-state index in [1.165, 1.54) is 19.3 Å². The molecule has 2 heterocycles. The minimum Gasteiger partial charge on any atom is -0.314 e. The zero-order valence-corrected chi connectivity index (χ0v) is 11.1. The van der Waals surface area contributed by atoms with Crippen LogP contribution >= 0.6 is 0 Å². The second-order valence-electron chi connectivity index (χ2n) is 5.16. The number of aromatic nitrogens is 3. The second-order valence-corrected chi connectivity index (χ2v) is 5.16. The molecule has 1 unspecified atom stereocenters. The molecule has 1 aromatic heterocycles. The van der Waals surface area contributed by atoms with Gasteiger partial charge in [0.15, 0.2) is 5.82 Å². The van der Waals surface area contributed by atoms with Gasteiger partial charge in [-0.15, -0.1) is 0 Å². The van der Waals surface area contributed by atoms with Gasteiger partial charge in [0.2, 0.25) is 0 Å². The summed E-state index contributed by atoms with van der Waals surface area (Å²) >= 11 is 0. The van der Waals surface area contributed by atoms with Gasteiger partial charge in [0, 0.05) is 18.0 Å². The first kappa shape index (κ1) is 12.4. The summed E-state index contributed by atoms with van der Waals surface area (Å²) < 4.78 is 0. The van der Waals surface area contributed by atoms with Crippen molar-refractivity contribution in [3.8, 4) is 11.4 Å². The van der Waals surface area contributed by atoms with Gasteiger partial charge in [-0.3, -0.25) is 5.10 Å². The van der Waals surface area contributed by atoms with Gasteiger partial charge in [-0.25, -0.2) is 4.98 Å². The van der Waals surface area contributed by atoms with Crippen molar-refractivity contribution in [1.82, 2.24) is 20.5 Å². The molecule has 2 aromatic rings. The molecular weight excluding hydrogens is 236 g/mol. The molecule has 4 nitrogen and oxygen atoms in total. The van der Waals surface area contributed by atoms with Crippen LogP contribution in [0, 0.1) is 0 Å². The van der Waals surface area contributed by atoms with Crippen molar-refractivity contribution in [2.24, 2.45) is 0 Å². The second kappa shape index (κ2) is 5.97. The Hall–Kier alpha value is -1.68. The Morgan fingerprint density at radius 2 is 2.05 bits per heavy atom. The van der Waals surface area contributed by atoms with E-state index in [1.54, 1.807) is 0 Å². The Balaban J connectivity index is 1.59. The third-order valence-electron chi connectivity index (χ3n) is 3.71. The first-order valence-corrected chi connectivity index (χ1v) is 7.12. The molecule has 3 rings (SSSR count). The van der Waals surface area contributed by atoms with Crippen LogP contribution in [0.2, 0.25) is 0 Å². The predicted molar refractivity (Wildman–Crippen MR) is 75.8 cm³/mol. The summed E-state index contributed by atoms with van der Waals surface area (Å²) in [6, 6.07) is 10.8. The minimum absolute atomic E-state index is 0.652. The van der Waals surface area contributed by atoms with E-state index in [0.717, 1.165) is 36.6 Å². The van der Waals surface area contributed by atoms with Crippen molar-refractivity contribution in [3.63, 3.8) is 0 Å². The van der Waals surface area contributed by atoms with Crippen LogP contribution in [-0.4, -0.2) is 27.8 Å². The largest absolute Gasteiger partial charge is 0.314 e. The molecule has 0 aliphatic carbocycles. The number of nitrogens with one attached hydrogen (secondary N) is 2. The van der Waals surface area contributed by atoms with Crippen LogP contribution in [0.3, 0.4) is 0 Å². The van der Waals surface area contributed by atoms with E-state index in [0.29, 0.717) is 6.04 Å². The lowest BCUT2D eigenvalue weighted by molar-refractivity contribution is 0.381. The van der Waals surface area contributed by atoms with Gasteiger partial charge in [-0.05, 0) is 25.8 Å². The summed E-state index contributed by atoms with van der Waals surface area (Å²) in [5.74, 6) is 1.79. The Kier molecular flexibility index (Phi) is 3.89. The number of aromatic amines is 1. The number of H-pyrrole nitrogens is 1. The van der Waals surface area contributed by atoms with Crippen LogP contribution in [0.15, 0.2) is 30.3 Å². The number of benzene rings is 1. The highest BCUT2D eigenvalue weighted by molar-refractivity contribution is 5.53. The van der Waals surface area contributed by atoms with Crippen LogP contribution in [0.5, 0.6) is 0 Å². The highest BCUT2D eigenvalue weighted by Gasteiger charge is 2.13. The van der Waals surface area contributed by atoms with Gasteiger partial charge < -0.3 is 5.32 Å². The zero-order chi connectivity index (χ0) is 12.9. The van der Waals surface area contributed by atoms with Crippen LogP contribution in [0.25, 0.3) is 11.4 Å². The Bertz CT molecular complexity index is 500. The first-order chi connectivity index (χ1) is 9.42. The quantitative estimate of drug-likeness (QED) is 0.884. The Labute approximate surface area is 113 Å². The van der Waals surface area contributed by atoms with Crippen molar-refractivity contribution in [1.29, 1.82) is 0 Å². The molecule has 0 saturated carbocycles. The van der Waals surface area contributed by atoms with Crippen LogP contribution in [-0.2, 0) is 6.42 Å². The number of rotatable bonds is 4. The van der Waals surface area contributed by atoms with Gasteiger partial charge >= 0.3 is 0 Å². The predicted octanol–water partition coefficient (Wildman–Crippen LogP) is 2.55. The lowest BCUT2D eigenvalue weighted by Crippen LogP contribution is -2.34. The van der Waals surface area contributed by atoms with E-state index in [2.05, 4.69) is 20.5 Å². The maximum absolute atomic E-state index is 4.57. The van der Waals surface area contributed by atoms with E-state index in [4.69, 9.17) is 0 Å². The van der Waals surface area contributed by atoms with E-state index >= 15 is 0 Å². The average Bonchev–Trinajstić information content (AvgIpc) is 2.96. The molecule has 0 radical (unpaired) electrons. The molecule has 1 aromatic carbocycles. The molecule has 2 N–H and O–H groups in total. The van der Waals surface area contributed by atoms with E-state index < -0.39 is 0 Å². The Morgan fingerprint density at radius 1 is 1.16 bits per heavy atom. The fourth-order valence-electron chi connectivity index (χ4n) is 2.60. The average molecular weight is 256 g/mol. The van der Waals surface area contributed by atoms with E-state index in [-0.39, 0.29) is 0 Å². The van der Waals surface area contributed by atoms with E-state index in [9.17, 15) is 0 Å². The minimum atomic E-state index is 0.652. The molecule has 0 bridgehead atoms. The number of hydrogen-bond donors (Lipinski definition) is 2. The summed E-state index contributed by atoms with van der Waals surface area (Å²) in [7, 11) is 0. The highest BCUT2D eigenvalue weighted by atomic mass is 15.2. The summed E-state index contributed by atoms with van der Waals surface area (Å²) in [5, 5.41) is 10.9. The molecule has 100 valence electrons. The van der Waals surface area contributed by atoms with E-state index in [1.807, 2.05) is 30.3 Å². The summed E-state index contributed by atoms with van der Waals surface area (Å²) in [6.07, 6.45) is 6.07. The highest BCUT2D eigenvalue weighted by Crippen LogP contribution is 2.15. The molecule has 1 aliphatic heterocycles. The monoisotopic (exact) mass is 256 g/mol. The van der Waals surface area contributed by atoms with Gasteiger partial charge in [0.1, 0.15) is 5.82 Å². The molecule has 1 atom stereocenters. The van der Waals surface area contributed by atoms with Gasteiger partial charge in [-0.2, -0.15) is 5.10 Å². The van der Waals surface area contributed by atoms with Gasteiger partial charge in [0.25, 0.3) is 0 Å². The first-order valence-electron chi connectivity index (χ1n) is 7.12. The number of nitrogens with zero attached hydrogens (tertiary/aromatic N) is 2. The van der Waals surface area contributed by atoms with Crippen LogP contribution in [0.1, 0.15) is 31.5 Å². The summed E-state index contributed by atoms with van der Waals surface area (Å²) in [5.41, 5.74) is 1.07. The maximum atomic E-state index is 4.57. The Morgan fingerprint density at radius 3 is 2.84 bits per heavy atom. The lowest BCUT2D eigenvalue weighted by Gasteiger charge is -2.22.